The van der Waals surface area contributed by atoms with Crippen LogP contribution in [0.4, 0.5) is 0 Å². The maximum absolute atomic E-state index is 3.82. The second-order valence-electron chi connectivity index (χ2n) is 5.54. The van der Waals surface area contributed by atoms with Gasteiger partial charge in [-0.25, -0.2) is 0 Å². The molecule has 3 heterocycles. The highest BCUT2D eigenvalue weighted by Gasteiger charge is 2.34. The summed E-state index contributed by atoms with van der Waals surface area (Å²) in [5.41, 5.74) is 1.41. The van der Waals surface area contributed by atoms with E-state index in [-0.39, 0.29) is 24.8 Å². The molecule has 3 aliphatic rings. The minimum Gasteiger partial charge on any atom is -0.306 e. The van der Waals surface area contributed by atoms with Crippen molar-refractivity contribution in [2.75, 3.05) is 19.6 Å². The molecule has 2 bridgehead atoms. The Hall–Kier alpha value is -0.280. The fourth-order valence-corrected chi connectivity index (χ4v) is 3.31. The highest BCUT2D eigenvalue weighted by atomic mass is 35.5. The molecule has 1 aromatic carbocycles. The van der Waals surface area contributed by atoms with Gasteiger partial charge in [-0.1, -0.05) is 30.3 Å². The second kappa shape index (κ2) is 7.49. The average Bonchev–Trinajstić information content (AvgIpc) is 2.41. The lowest BCUT2D eigenvalue weighted by Gasteiger charge is -2.46. The standard InChI is InChI=1S/C15H22N2.2ClH/c1-12(13-5-3-2-4-6-13)16-15-11-17-9-7-14(15)8-10-17;;/h2-6,12,14-16H,7-11H2,1H3;2*1H/t12-,15?;;/m0../s1. The quantitative estimate of drug-likeness (QED) is 0.922. The molecule has 2 nitrogen and oxygen atoms in total. The zero-order valence-corrected chi connectivity index (χ0v) is 13.1. The minimum atomic E-state index is 0. The third-order valence-corrected chi connectivity index (χ3v) is 4.42. The summed E-state index contributed by atoms with van der Waals surface area (Å²) in [4.78, 5) is 2.61. The monoisotopic (exact) mass is 302 g/mol. The lowest BCUT2D eigenvalue weighted by Crippen LogP contribution is -2.56. The predicted molar refractivity (Wildman–Crippen MR) is 85.4 cm³/mol. The van der Waals surface area contributed by atoms with Crippen molar-refractivity contribution in [3.63, 3.8) is 0 Å². The summed E-state index contributed by atoms with van der Waals surface area (Å²) in [6.45, 7) is 6.18. The molecule has 0 saturated carbocycles. The number of rotatable bonds is 3. The van der Waals surface area contributed by atoms with Crippen molar-refractivity contribution in [2.24, 2.45) is 5.92 Å². The van der Waals surface area contributed by atoms with E-state index in [1.54, 1.807) is 0 Å². The SMILES string of the molecule is C[C@H](NC1CN2CCC1CC2)c1ccccc1.Cl.Cl. The van der Waals surface area contributed by atoms with Crippen LogP contribution in [0, 0.1) is 5.92 Å². The molecule has 3 aliphatic heterocycles. The van der Waals surface area contributed by atoms with E-state index in [0.29, 0.717) is 12.1 Å². The van der Waals surface area contributed by atoms with E-state index in [9.17, 15) is 0 Å². The molecule has 0 radical (unpaired) electrons. The Labute approximate surface area is 128 Å². The topological polar surface area (TPSA) is 15.3 Å². The number of hydrogen-bond acceptors (Lipinski definition) is 2. The molecule has 1 aromatic rings. The summed E-state index contributed by atoms with van der Waals surface area (Å²) >= 11 is 0. The van der Waals surface area contributed by atoms with Gasteiger partial charge in [0.2, 0.25) is 0 Å². The number of piperidine rings is 3. The van der Waals surface area contributed by atoms with E-state index in [0.717, 1.165) is 5.92 Å². The van der Waals surface area contributed by atoms with Gasteiger partial charge in [0.05, 0.1) is 0 Å². The molecular formula is C15H24Cl2N2. The molecule has 2 atom stereocenters. The van der Waals surface area contributed by atoms with Gasteiger partial charge < -0.3 is 10.2 Å². The van der Waals surface area contributed by atoms with E-state index in [1.807, 2.05) is 0 Å². The molecule has 19 heavy (non-hydrogen) atoms. The smallest absolute Gasteiger partial charge is 0.0294 e. The molecule has 1 unspecified atom stereocenters. The van der Waals surface area contributed by atoms with Gasteiger partial charge in [-0.2, -0.15) is 0 Å². The van der Waals surface area contributed by atoms with Gasteiger partial charge in [0.1, 0.15) is 0 Å². The van der Waals surface area contributed by atoms with Gasteiger partial charge in [-0.3, -0.25) is 0 Å². The Bertz CT molecular complexity index is 364. The summed E-state index contributed by atoms with van der Waals surface area (Å²) in [6, 6.07) is 12.0. The summed E-state index contributed by atoms with van der Waals surface area (Å²) < 4.78 is 0. The average molecular weight is 303 g/mol. The van der Waals surface area contributed by atoms with Gasteiger partial charge >= 0.3 is 0 Å². The highest BCUT2D eigenvalue weighted by molar-refractivity contribution is 5.85. The van der Waals surface area contributed by atoms with Gasteiger partial charge in [0.15, 0.2) is 0 Å². The molecule has 3 fully saturated rings. The molecule has 4 rings (SSSR count). The number of hydrogen-bond donors (Lipinski definition) is 1. The molecule has 0 aliphatic carbocycles. The van der Waals surface area contributed by atoms with Crippen LogP contribution >= 0.6 is 24.8 Å². The lowest BCUT2D eigenvalue weighted by molar-refractivity contribution is 0.0680. The van der Waals surface area contributed by atoms with Crippen LogP contribution in [0.1, 0.15) is 31.4 Å². The Morgan fingerprint density at radius 2 is 1.74 bits per heavy atom. The van der Waals surface area contributed by atoms with E-state index < -0.39 is 0 Å². The predicted octanol–water partition coefficient (Wildman–Crippen LogP) is 3.28. The Morgan fingerprint density at radius 3 is 2.26 bits per heavy atom. The highest BCUT2D eigenvalue weighted by Crippen LogP contribution is 2.29. The zero-order valence-electron chi connectivity index (χ0n) is 11.4. The fourth-order valence-electron chi connectivity index (χ4n) is 3.31. The van der Waals surface area contributed by atoms with Crippen molar-refractivity contribution < 1.29 is 0 Å². The molecule has 0 aromatic heterocycles. The van der Waals surface area contributed by atoms with Crippen LogP contribution < -0.4 is 5.32 Å². The Kier molecular flexibility index (Phi) is 6.61. The normalized spacial score (nSPS) is 30.1. The molecule has 0 amide bonds. The van der Waals surface area contributed by atoms with E-state index in [2.05, 4.69) is 47.5 Å². The fraction of sp³-hybridized carbons (Fsp3) is 0.600. The van der Waals surface area contributed by atoms with E-state index in [1.165, 1.54) is 38.0 Å². The number of nitrogens with one attached hydrogen (secondary N) is 1. The number of halogens is 2. The number of benzene rings is 1. The van der Waals surface area contributed by atoms with Crippen LogP contribution in [0.3, 0.4) is 0 Å². The third kappa shape index (κ3) is 3.85. The molecular weight excluding hydrogens is 279 g/mol. The largest absolute Gasteiger partial charge is 0.306 e. The first-order chi connectivity index (χ1) is 8.33. The zero-order chi connectivity index (χ0) is 11.7. The number of nitrogens with zero attached hydrogens (tertiary/aromatic N) is 1. The maximum Gasteiger partial charge on any atom is 0.0294 e. The number of fused-ring (bicyclic) bond motifs is 3. The van der Waals surface area contributed by atoms with Crippen molar-refractivity contribution in [3.8, 4) is 0 Å². The maximum atomic E-state index is 3.82. The van der Waals surface area contributed by atoms with Crippen molar-refractivity contribution in [1.82, 2.24) is 10.2 Å². The first-order valence-electron chi connectivity index (χ1n) is 6.86. The molecule has 4 heteroatoms. The van der Waals surface area contributed by atoms with Crippen LogP contribution in [0.25, 0.3) is 0 Å². The van der Waals surface area contributed by atoms with Crippen LogP contribution in [0.5, 0.6) is 0 Å². The molecule has 1 N–H and O–H groups in total. The van der Waals surface area contributed by atoms with Crippen molar-refractivity contribution in [2.45, 2.75) is 31.8 Å². The van der Waals surface area contributed by atoms with Gasteiger partial charge in [-0.15, -0.1) is 24.8 Å². The Morgan fingerprint density at radius 1 is 1.11 bits per heavy atom. The molecule has 3 saturated heterocycles. The van der Waals surface area contributed by atoms with E-state index in [4.69, 9.17) is 0 Å². The van der Waals surface area contributed by atoms with Crippen LogP contribution in [-0.2, 0) is 0 Å². The lowest BCUT2D eigenvalue weighted by atomic mass is 9.83. The summed E-state index contributed by atoms with van der Waals surface area (Å²) in [5.74, 6) is 0.908. The third-order valence-electron chi connectivity index (χ3n) is 4.42. The van der Waals surface area contributed by atoms with Crippen LogP contribution in [-0.4, -0.2) is 30.6 Å². The van der Waals surface area contributed by atoms with Gasteiger partial charge in [-0.05, 0) is 44.3 Å². The Balaban J connectivity index is 0.000000902. The van der Waals surface area contributed by atoms with Gasteiger partial charge in [0.25, 0.3) is 0 Å². The van der Waals surface area contributed by atoms with Crippen molar-refractivity contribution in [1.29, 1.82) is 0 Å². The van der Waals surface area contributed by atoms with Crippen molar-refractivity contribution >= 4 is 24.8 Å². The molecule has 0 spiro atoms. The van der Waals surface area contributed by atoms with Gasteiger partial charge in [0, 0.05) is 18.6 Å². The first kappa shape index (κ1) is 16.8. The minimum absolute atomic E-state index is 0. The van der Waals surface area contributed by atoms with Crippen LogP contribution in [0.2, 0.25) is 0 Å². The van der Waals surface area contributed by atoms with E-state index >= 15 is 0 Å². The van der Waals surface area contributed by atoms with Crippen LogP contribution in [0.15, 0.2) is 30.3 Å². The van der Waals surface area contributed by atoms with Crippen molar-refractivity contribution in [3.05, 3.63) is 35.9 Å². The first-order valence-corrected chi connectivity index (χ1v) is 6.86. The summed E-state index contributed by atoms with van der Waals surface area (Å²) in [5, 5.41) is 3.82. The summed E-state index contributed by atoms with van der Waals surface area (Å²) in [6.07, 6.45) is 2.78. The molecule has 108 valence electrons. The summed E-state index contributed by atoms with van der Waals surface area (Å²) in [7, 11) is 0. The second-order valence-corrected chi connectivity index (χ2v) is 5.54.